The van der Waals surface area contributed by atoms with Crippen LogP contribution in [0.4, 0.5) is 4.79 Å². The van der Waals surface area contributed by atoms with Gasteiger partial charge in [0, 0.05) is 0 Å². The van der Waals surface area contributed by atoms with Crippen LogP contribution in [-0.4, -0.2) is 30.0 Å². The van der Waals surface area contributed by atoms with Crippen molar-refractivity contribution in [3.63, 3.8) is 0 Å². The second-order valence-corrected chi connectivity index (χ2v) is 6.45. The number of nitrogens with zero attached hydrogens (tertiary/aromatic N) is 1. The number of rotatable bonds is 5. The lowest BCUT2D eigenvalue weighted by Crippen LogP contribution is -2.41. The molecular weight excluding hydrogens is 316 g/mol. The molecule has 2 aromatic carbocycles. The fourth-order valence-corrected chi connectivity index (χ4v) is 3.13. The molecule has 0 aromatic heterocycles. The van der Waals surface area contributed by atoms with Crippen LogP contribution in [0.1, 0.15) is 23.6 Å². The van der Waals surface area contributed by atoms with Gasteiger partial charge in [0.1, 0.15) is 17.9 Å². The van der Waals surface area contributed by atoms with E-state index in [-0.39, 0.29) is 25.1 Å². The smallest absolute Gasteiger partial charge is 0.325 e. The van der Waals surface area contributed by atoms with E-state index >= 15 is 0 Å². The summed E-state index contributed by atoms with van der Waals surface area (Å²) in [5.74, 6) is 0.550. The molecule has 0 spiro atoms. The van der Waals surface area contributed by atoms with Crippen LogP contribution in [0, 0.1) is 13.8 Å². The van der Waals surface area contributed by atoms with Crippen molar-refractivity contribution in [2.45, 2.75) is 26.3 Å². The van der Waals surface area contributed by atoms with Gasteiger partial charge in [-0.2, -0.15) is 0 Å². The number of aryl methyl sites for hydroxylation is 2. The molecule has 1 aliphatic rings. The number of carbonyl (C=O) groups is 2. The maximum Gasteiger partial charge on any atom is 0.325 e. The van der Waals surface area contributed by atoms with Gasteiger partial charge in [0.15, 0.2) is 0 Å². The molecule has 1 atom stereocenters. The van der Waals surface area contributed by atoms with E-state index in [1.54, 1.807) is 6.92 Å². The molecule has 1 fully saturated rings. The number of hydrogen-bond acceptors (Lipinski definition) is 3. The van der Waals surface area contributed by atoms with Gasteiger partial charge in [0.2, 0.25) is 0 Å². The van der Waals surface area contributed by atoms with Gasteiger partial charge in [-0.05, 0) is 37.5 Å². The van der Waals surface area contributed by atoms with E-state index < -0.39 is 5.54 Å². The van der Waals surface area contributed by atoms with Gasteiger partial charge in [-0.15, -0.1) is 0 Å². The van der Waals surface area contributed by atoms with Crippen molar-refractivity contribution in [3.05, 3.63) is 65.2 Å². The summed E-state index contributed by atoms with van der Waals surface area (Å²) in [6, 6.07) is 14.8. The van der Waals surface area contributed by atoms with Crippen LogP contribution in [0.2, 0.25) is 0 Å². The van der Waals surface area contributed by atoms with Crippen molar-refractivity contribution in [1.82, 2.24) is 10.2 Å². The summed E-state index contributed by atoms with van der Waals surface area (Å²) in [6.45, 7) is 6.15. The van der Waals surface area contributed by atoms with E-state index in [4.69, 9.17) is 4.74 Å². The van der Waals surface area contributed by atoms with E-state index in [0.29, 0.717) is 0 Å². The molecule has 130 valence electrons. The van der Waals surface area contributed by atoms with Gasteiger partial charge in [-0.3, -0.25) is 9.69 Å². The Hall–Kier alpha value is -2.82. The summed E-state index contributed by atoms with van der Waals surface area (Å²) in [5, 5.41) is 2.80. The first kappa shape index (κ1) is 17.0. The lowest BCUT2D eigenvalue weighted by atomic mass is 9.92. The predicted octanol–water partition coefficient (Wildman–Crippen LogP) is 3.15. The van der Waals surface area contributed by atoms with Crippen LogP contribution in [0.25, 0.3) is 0 Å². The summed E-state index contributed by atoms with van der Waals surface area (Å²) >= 11 is 0. The molecule has 3 rings (SSSR count). The Morgan fingerprint density at radius 1 is 1.00 bits per heavy atom. The third-order valence-corrected chi connectivity index (χ3v) is 4.60. The molecule has 1 aliphatic heterocycles. The molecular formula is C20H22N2O3. The highest BCUT2D eigenvalue weighted by molar-refractivity contribution is 6.07. The van der Waals surface area contributed by atoms with Crippen molar-refractivity contribution in [2.75, 3.05) is 13.2 Å². The fraction of sp³-hybridized carbons (Fsp3) is 0.300. The van der Waals surface area contributed by atoms with Crippen molar-refractivity contribution in [1.29, 1.82) is 0 Å². The van der Waals surface area contributed by atoms with E-state index in [2.05, 4.69) is 5.32 Å². The molecule has 0 bridgehead atoms. The van der Waals surface area contributed by atoms with Crippen LogP contribution < -0.4 is 10.1 Å². The largest absolute Gasteiger partial charge is 0.491 e. The summed E-state index contributed by atoms with van der Waals surface area (Å²) in [5.41, 5.74) is 1.81. The van der Waals surface area contributed by atoms with Gasteiger partial charge in [0.25, 0.3) is 5.91 Å². The number of ether oxygens (including phenoxy) is 1. The average Bonchev–Trinajstić information content (AvgIpc) is 2.82. The van der Waals surface area contributed by atoms with Crippen molar-refractivity contribution in [3.8, 4) is 5.75 Å². The first-order valence-electron chi connectivity index (χ1n) is 8.32. The molecule has 2 aromatic rings. The van der Waals surface area contributed by atoms with Gasteiger partial charge in [0.05, 0.1) is 6.54 Å². The SMILES string of the molecule is Cc1cccc(C)c1OCCN1C(=O)N[C@@](C)(c2ccccc2)C1=O. The Morgan fingerprint density at radius 3 is 2.28 bits per heavy atom. The van der Waals surface area contributed by atoms with E-state index in [0.717, 1.165) is 22.4 Å². The second kappa shape index (κ2) is 6.59. The Kier molecular flexibility index (Phi) is 4.49. The molecule has 0 aliphatic carbocycles. The third-order valence-electron chi connectivity index (χ3n) is 4.60. The highest BCUT2D eigenvalue weighted by Gasteiger charge is 2.48. The van der Waals surface area contributed by atoms with Crippen LogP contribution in [-0.2, 0) is 10.3 Å². The number of amides is 3. The Labute approximate surface area is 147 Å². The van der Waals surface area contributed by atoms with Gasteiger partial charge >= 0.3 is 6.03 Å². The first-order valence-corrected chi connectivity index (χ1v) is 8.32. The Morgan fingerprint density at radius 2 is 1.64 bits per heavy atom. The zero-order valence-corrected chi connectivity index (χ0v) is 14.7. The Bertz CT molecular complexity index is 784. The van der Waals surface area contributed by atoms with Crippen LogP contribution >= 0.6 is 0 Å². The topological polar surface area (TPSA) is 58.6 Å². The third kappa shape index (κ3) is 3.09. The molecule has 0 unspecified atom stereocenters. The molecule has 1 N–H and O–H groups in total. The summed E-state index contributed by atoms with van der Waals surface area (Å²) in [7, 11) is 0. The van der Waals surface area contributed by atoms with Crippen molar-refractivity contribution < 1.29 is 14.3 Å². The predicted molar refractivity (Wildman–Crippen MR) is 95.4 cm³/mol. The number of nitrogens with one attached hydrogen (secondary N) is 1. The minimum atomic E-state index is -1.03. The molecule has 1 heterocycles. The van der Waals surface area contributed by atoms with Crippen LogP contribution in [0.3, 0.4) is 0 Å². The summed E-state index contributed by atoms with van der Waals surface area (Å²) in [4.78, 5) is 26.3. The maximum atomic E-state index is 12.8. The van der Waals surface area contributed by atoms with Crippen molar-refractivity contribution in [2.24, 2.45) is 0 Å². The molecule has 25 heavy (non-hydrogen) atoms. The fourth-order valence-electron chi connectivity index (χ4n) is 3.13. The zero-order valence-electron chi connectivity index (χ0n) is 14.7. The molecule has 5 heteroatoms. The summed E-state index contributed by atoms with van der Waals surface area (Å²) in [6.07, 6.45) is 0. The monoisotopic (exact) mass is 338 g/mol. The van der Waals surface area contributed by atoms with Crippen LogP contribution in [0.5, 0.6) is 5.75 Å². The number of hydrogen-bond donors (Lipinski definition) is 1. The van der Waals surface area contributed by atoms with Crippen molar-refractivity contribution >= 4 is 11.9 Å². The highest BCUT2D eigenvalue weighted by Crippen LogP contribution is 2.28. The number of benzene rings is 2. The number of para-hydroxylation sites is 1. The quantitative estimate of drug-likeness (QED) is 0.852. The molecule has 1 saturated heterocycles. The summed E-state index contributed by atoms with van der Waals surface area (Å²) < 4.78 is 5.83. The van der Waals surface area contributed by atoms with Gasteiger partial charge in [-0.1, -0.05) is 48.5 Å². The number of urea groups is 1. The molecule has 3 amide bonds. The average molecular weight is 338 g/mol. The first-order chi connectivity index (χ1) is 11.9. The van der Waals surface area contributed by atoms with E-state index in [1.165, 1.54) is 4.90 Å². The molecule has 0 radical (unpaired) electrons. The number of carbonyl (C=O) groups excluding carboxylic acids is 2. The van der Waals surface area contributed by atoms with Gasteiger partial charge < -0.3 is 10.1 Å². The lowest BCUT2D eigenvalue weighted by molar-refractivity contribution is -0.131. The lowest BCUT2D eigenvalue weighted by Gasteiger charge is -2.22. The van der Waals surface area contributed by atoms with E-state index in [9.17, 15) is 9.59 Å². The standard InChI is InChI=1S/C20H22N2O3/c1-14-8-7-9-15(2)17(14)25-13-12-22-18(23)20(3,21-19(22)24)16-10-5-4-6-11-16/h4-11H,12-13H2,1-3H3,(H,21,24)/t20-/m0/s1. The number of imide groups is 1. The van der Waals surface area contributed by atoms with Gasteiger partial charge in [-0.25, -0.2) is 4.79 Å². The minimum absolute atomic E-state index is 0.209. The Balaban J connectivity index is 1.70. The van der Waals surface area contributed by atoms with Crippen LogP contribution in [0.15, 0.2) is 48.5 Å². The molecule has 5 nitrogen and oxygen atoms in total. The van der Waals surface area contributed by atoms with E-state index in [1.807, 2.05) is 62.4 Å². The zero-order chi connectivity index (χ0) is 18.0. The second-order valence-electron chi connectivity index (χ2n) is 6.45. The molecule has 0 saturated carbocycles. The maximum absolute atomic E-state index is 12.8. The minimum Gasteiger partial charge on any atom is -0.491 e. The normalized spacial score (nSPS) is 19.9. The highest BCUT2D eigenvalue weighted by atomic mass is 16.5.